The number of nitrogens with two attached hydrogens (primary N) is 1. The Morgan fingerprint density at radius 1 is 1.40 bits per heavy atom. The van der Waals surface area contributed by atoms with Crippen molar-refractivity contribution in [1.29, 1.82) is 0 Å². The van der Waals surface area contributed by atoms with Crippen LogP contribution in [0.5, 0.6) is 5.75 Å². The van der Waals surface area contributed by atoms with E-state index in [4.69, 9.17) is 20.1 Å². The van der Waals surface area contributed by atoms with Gasteiger partial charge in [0.2, 0.25) is 0 Å². The van der Waals surface area contributed by atoms with Gasteiger partial charge in [0, 0.05) is 6.54 Å². The topological polar surface area (TPSA) is 93.0 Å². The lowest BCUT2D eigenvalue weighted by Gasteiger charge is -2.10. The van der Waals surface area contributed by atoms with Gasteiger partial charge in [0.1, 0.15) is 11.5 Å². The second kappa shape index (κ2) is 6.63. The van der Waals surface area contributed by atoms with Gasteiger partial charge in [0.05, 0.1) is 25.5 Å². The highest BCUT2D eigenvalue weighted by Crippen LogP contribution is 2.20. The van der Waals surface area contributed by atoms with E-state index in [0.717, 1.165) is 11.3 Å². The minimum atomic E-state index is 0.0249. The molecule has 0 fully saturated rings. The fourth-order valence-electron chi connectivity index (χ4n) is 1.85. The smallest absolute Gasteiger partial charge is 0.173 e. The molecule has 106 valence electrons. The first-order valence-corrected chi connectivity index (χ1v) is 6.12. The summed E-state index contributed by atoms with van der Waals surface area (Å²) in [6, 6.07) is 9.27. The standard InChI is InChI=1S/C14H17N3O3/c1-19-13-7-10(4-5-12(13)14(15)17-18)8-16-9-11-3-2-6-20-11/h2-7,16,18H,8-9H2,1H3,(H2,15,17). The third-order valence-corrected chi connectivity index (χ3v) is 2.86. The minimum Gasteiger partial charge on any atom is -0.496 e. The van der Waals surface area contributed by atoms with Gasteiger partial charge in [-0.15, -0.1) is 0 Å². The largest absolute Gasteiger partial charge is 0.496 e. The maximum absolute atomic E-state index is 8.71. The average molecular weight is 275 g/mol. The van der Waals surface area contributed by atoms with Gasteiger partial charge in [0.25, 0.3) is 0 Å². The summed E-state index contributed by atoms with van der Waals surface area (Å²) in [5.74, 6) is 1.47. The summed E-state index contributed by atoms with van der Waals surface area (Å²) in [5, 5.41) is 14.9. The molecule has 2 aromatic rings. The maximum Gasteiger partial charge on any atom is 0.173 e. The number of ether oxygens (including phenoxy) is 1. The first-order valence-electron chi connectivity index (χ1n) is 6.12. The molecule has 0 radical (unpaired) electrons. The molecule has 6 nitrogen and oxygen atoms in total. The molecule has 0 atom stereocenters. The molecule has 6 heteroatoms. The number of nitrogens with zero attached hydrogens (tertiary/aromatic N) is 1. The third-order valence-electron chi connectivity index (χ3n) is 2.86. The van der Waals surface area contributed by atoms with Crippen LogP contribution in [0, 0.1) is 0 Å². The molecular weight excluding hydrogens is 258 g/mol. The van der Waals surface area contributed by atoms with Gasteiger partial charge in [-0.2, -0.15) is 0 Å². The highest BCUT2D eigenvalue weighted by Gasteiger charge is 2.08. The Hall–Kier alpha value is -2.47. The predicted octanol–water partition coefficient (Wildman–Crippen LogP) is 1.67. The number of amidine groups is 1. The normalized spacial score (nSPS) is 11.6. The van der Waals surface area contributed by atoms with Gasteiger partial charge in [-0.05, 0) is 29.8 Å². The number of benzene rings is 1. The summed E-state index contributed by atoms with van der Waals surface area (Å²) in [4.78, 5) is 0. The van der Waals surface area contributed by atoms with Crippen LogP contribution in [0.3, 0.4) is 0 Å². The summed E-state index contributed by atoms with van der Waals surface area (Å²) >= 11 is 0. The minimum absolute atomic E-state index is 0.0249. The van der Waals surface area contributed by atoms with Crippen molar-refractivity contribution >= 4 is 5.84 Å². The lowest BCUT2D eigenvalue weighted by molar-refractivity contribution is 0.318. The molecule has 0 saturated carbocycles. The lowest BCUT2D eigenvalue weighted by atomic mass is 10.1. The third kappa shape index (κ3) is 3.30. The van der Waals surface area contributed by atoms with Crippen molar-refractivity contribution in [3.8, 4) is 5.75 Å². The number of nitrogens with one attached hydrogen (secondary N) is 1. The number of rotatable bonds is 6. The van der Waals surface area contributed by atoms with Crippen molar-refractivity contribution in [2.45, 2.75) is 13.1 Å². The molecule has 1 heterocycles. The van der Waals surface area contributed by atoms with Crippen LogP contribution >= 0.6 is 0 Å². The first-order chi connectivity index (χ1) is 9.74. The van der Waals surface area contributed by atoms with Crippen molar-refractivity contribution < 1.29 is 14.4 Å². The lowest BCUT2D eigenvalue weighted by Crippen LogP contribution is -2.16. The number of hydrogen-bond acceptors (Lipinski definition) is 5. The summed E-state index contributed by atoms with van der Waals surface area (Å²) in [6.45, 7) is 1.31. The molecule has 2 rings (SSSR count). The molecular formula is C14H17N3O3. The van der Waals surface area contributed by atoms with Crippen molar-refractivity contribution in [3.63, 3.8) is 0 Å². The van der Waals surface area contributed by atoms with Crippen molar-refractivity contribution in [2.75, 3.05) is 7.11 Å². The van der Waals surface area contributed by atoms with Gasteiger partial charge in [0.15, 0.2) is 5.84 Å². The SMILES string of the molecule is COc1cc(CNCc2ccco2)ccc1/C(N)=N/O. The zero-order valence-electron chi connectivity index (χ0n) is 11.2. The van der Waals surface area contributed by atoms with Crippen molar-refractivity contribution in [1.82, 2.24) is 5.32 Å². The molecule has 0 aliphatic heterocycles. The van der Waals surface area contributed by atoms with Crippen LogP contribution in [-0.4, -0.2) is 18.2 Å². The van der Waals surface area contributed by atoms with Gasteiger partial charge in [-0.25, -0.2) is 0 Å². The Kier molecular flexibility index (Phi) is 4.62. The fraction of sp³-hybridized carbons (Fsp3) is 0.214. The molecule has 0 unspecified atom stereocenters. The first kappa shape index (κ1) is 14.0. The van der Waals surface area contributed by atoms with E-state index in [1.807, 2.05) is 24.3 Å². The second-order valence-corrected chi connectivity index (χ2v) is 4.20. The summed E-state index contributed by atoms with van der Waals surface area (Å²) < 4.78 is 10.5. The Bertz CT molecular complexity index is 579. The number of hydrogen-bond donors (Lipinski definition) is 3. The van der Waals surface area contributed by atoms with E-state index in [9.17, 15) is 0 Å². The van der Waals surface area contributed by atoms with E-state index >= 15 is 0 Å². The molecule has 0 amide bonds. The quantitative estimate of drug-likeness (QED) is 0.323. The summed E-state index contributed by atoms with van der Waals surface area (Å²) in [7, 11) is 1.55. The second-order valence-electron chi connectivity index (χ2n) is 4.20. The zero-order chi connectivity index (χ0) is 14.4. The zero-order valence-corrected chi connectivity index (χ0v) is 11.2. The molecule has 1 aromatic heterocycles. The van der Waals surface area contributed by atoms with E-state index in [0.29, 0.717) is 24.4 Å². The summed E-state index contributed by atoms with van der Waals surface area (Å²) in [5.41, 5.74) is 7.17. The molecule has 0 aliphatic rings. The number of methoxy groups -OCH3 is 1. The summed E-state index contributed by atoms with van der Waals surface area (Å²) in [6.07, 6.45) is 1.64. The maximum atomic E-state index is 8.71. The molecule has 0 aliphatic carbocycles. The van der Waals surface area contributed by atoms with E-state index in [1.54, 1.807) is 19.4 Å². The molecule has 0 saturated heterocycles. The van der Waals surface area contributed by atoms with Crippen LogP contribution in [0.25, 0.3) is 0 Å². The van der Waals surface area contributed by atoms with Gasteiger partial charge >= 0.3 is 0 Å². The molecule has 0 spiro atoms. The molecule has 1 aromatic carbocycles. The number of furan rings is 1. The van der Waals surface area contributed by atoms with Crippen LogP contribution in [-0.2, 0) is 13.1 Å². The highest BCUT2D eigenvalue weighted by atomic mass is 16.5. The molecule has 0 bridgehead atoms. The van der Waals surface area contributed by atoms with E-state index < -0.39 is 0 Å². The number of oxime groups is 1. The molecule has 20 heavy (non-hydrogen) atoms. The Morgan fingerprint density at radius 2 is 2.25 bits per heavy atom. The van der Waals surface area contributed by atoms with Gasteiger partial charge < -0.3 is 25.4 Å². The van der Waals surface area contributed by atoms with Crippen molar-refractivity contribution in [2.24, 2.45) is 10.9 Å². The van der Waals surface area contributed by atoms with E-state index in [1.165, 1.54) is 0 Å². The van der Waals surface area contributed by atoms with Crippen molar-refractivity contribution in [3.05, 3.63) is 53.5 Å². The average Bonchev–Trinajstić information content (AvgIpc) is 2.99. The Balaban J connectivity index is 2.02. The van der Waals surface area contributed by atoms with Crippen LogP contribution in [0.1, 0.15) is 16.9 Å². The van der Waals surface area contributed by atoms with E-state index in [-0.39, 0.29) is 5.84 Å². The van der Waals surface area contributed by atoms with Gasteiger partial charge in [-0.3, -0.25) is 0 Å². The van der Waals surface area contributed by atoms with Crippen LogP contribution < -0.4 is 15.8 Å². The fourth-order valence-corrected chi connectivity index (χ4v) is 1.85. The molecule has 4 N–H and O–H groups in total. The highest BCUT2D eigenvalue weighted by molar-refractivity contribution is 5.99. The van der Waals surface area contributed by atoms with Crippen LogP contribution in [0.2, 0.25) is 0 Å². The van der Waals surface area contributed by atoms with Crippen LogP contribution in [0.4, 0.5) is 0 Å². The van der Waals surface area contributed by atoms with Crippen LogP contribution in [0.15, 0.2) is 46.2 Å². The Morgan fingerprint density at radius 3 is 2.90 bits per heavy atom. The predicted molar refractivity (Wildman–Crippen MR) is 74.8 cm³/mol. The Labute approximate surface area is 116 Å². The van der Waals surface area contributed by atoms with E-state index in [2.05, 4.69) is 10.5 Å². The monoisotopic (exact) mass is 275 g/mol. The van der Waals surface area contributed by atoms with Gasteiger partial charge in [-0.1, -0.05) is 11.2 Å².